The SMILES string of the molecule is COc1cc(Cl)c(C)cc1NC(=O)CCc1cc2c(cn1)[nH]c1ccccc12. The third-order valence-corrected chi connectivity index (χ3v) is 5.22. The molecule has 2 aromatic carbocycles. The molecule has 0 aliphatic carbocycles. The highest BCUT2D eigenvalue weighted by atomic mass is 35.5. The maximum Gasteiger partial charge on any atom is 0.224 e. The minimum absolute atomic E-state index is 0.0964. The second kappa shape index (κ2) is 7.52. The average molecular weight is 394 g/mol. The van der Waals surface area contributed by atoms with E-state index in [4.69, 9.17) is 16.3 Å². The minimum atomic E-state index is -0.0964. The zero-order chi connectivity index (χ0) is 19.7. The lowest BCUT2D eigenvalue weighted by Crippen LogP contribution is -2.13. The number of pyridine rings is 1. The van der Waals surface area contributed by atoms with Crippen molar-refractivity contribution in [2.24, 2.45) is 0 Å². The number of benzene rings is 2. The molecule has 0 unspecified atom stereocenters. The van der Waals surface area contributed by atoms with Gasteiger partial charge in [0.25, 0.3) is 0 Å². The maximum absolute atomic E-state index is 12.4. The fourth-order valence-electron chi connectivity index (χ4n) is 3.31. The molecule has 142 valence electrons. The zero-order valence-electron chi connectivity index (χ0n) is 15.7. The fourth-order valence-corrected chi connectivity index (χ4v) is 3.47. The largest absolute Gasteiger partial charge is 0.495 e. The number of ether oxygens (including phenoxy) is 1. The van der Waals surface area contributed by atoms with Gasteiger partial charge in [-0.25, -0.2) is 0 Å². The number of halogens is 1. The topological polar surface area (TPSA) is 67.0 Å². The molecule has 0 fully saturated rings. The molecule has 6 heteroatoms. The number of fused-ring (bicyclic) bond motifs is 3. The number of aromatic nitrogens is 2. The number of hydrogen-bond acceptors (Lipinski definition) is 3. The van der Waals surface area contributed by atoms with Crippen LogP contribution in [0.25, 0.3) is 21.8 Å². The molecule has 0 saturated heterocycles. The number of anilines is 1. The molecule has 5 nitrogen and oxygen atoms in total. The normalized spacial score (nSPS) is 11.1. The molecule has 0 saturated carbocycles. The van der Waals surface area contributed by atoms with Gasteiger partial charge < -0.3 is 15.0 Å². The smallest absolute Gasteiger partial charge is 0.224 e. The number of aromatic amines is 1. The van der Waals surface area contributed by atoms with Crippen LogP contribution in [0.1, 0.15) is 17.7 Å². The summed E-state index contributed by atoms with van der Waals surface area (Å²) in [6.07, 6.45) is 2.70. The Morgan fingerprint density at radius 2 is 2.00 bits per heavy atom. The van der Waals surface area contributed by atoms with E-state index in [1.165, 1.54) is 0 Å². The van der Waals surface area contributed by atoms with Crippen LogP contribution in [-0.4, -0.2) is 23.0 Å². The van der Waals surface area contributed by atoms with Crippen molar-refractivity contribution in [3.63, 3.8) is 0 Å². The van der Waals surface area contributed by atoms with Gasteiger partial charge in [-0.05, 0) is 37.1 Å². The van der Waals surface area contributed by atoms with Crippen LogP contribution in [0.4, 0.5) is 5.69 Å². The highest BCUT2D eigenvalue weighted by molar-refractivity contribution is 6.31. The summed E-state index contributed by atoms with van der Waals surface area (Å²) in [6.45, 7) is 1.89. The average Bonchev–Trinajstić information content (AvgIpc) is 3.07. The molecule has 0 atom stereocenters. The van der Waals surface area contributed by atoms with Crippen LogP contribution in [0, 0.1) is 6.92 Å². The van der Waals surface area contributed by atoms with Crippen LogP contribution < -0.4 is 10.1 Å². The molecule has 2 heterocycles. The summed E-state index contributed by atoms with van der Waals surface area (Å²) in [4.78, 5) is 20.3. The number of hydrogen-bond donors (Lipinski definition) is 2. The number of methoxy groups -OCH3 is 1. The van der Waals surface area contributed by atoms with E-state index in [0.29, 0.717) is 29.3 Å². The molecule has 4 aromatic rings. The second-order valence-corrected chi connectivity index (χ2v) is 7.15. The predicted molar refractivity (Wildman–Crippen MR) is 113 cm³/mol. The number of carbonyl (C=O) groups excluding carboxylic acids is 1. The van der Waals surface area contributed by atoms with E-state index in [1.807, 2.05) is 37.4 Å². The Balaban J connectivity index is 1.49. The molecule has 0 aliphatic rings. The van der Waals surface area contributed by atoms with Crippen LogP contribution in [0.5, 0.6) is 5.75 Å². The Hall–Kier alpha value is -3.05. The van der Waals surface area contributed by atoms with E-state index in [1.54, 1.807) is 13.2 Å². The lowest BCUT2D eigenvalue weighted by Gasteiger charge is -2.12. The molecule has 0 spiro atoms. The van der Waals surface area contributed by atoms with Gasteiger partial charge >= 0.3 is 0 Å². The maximum atomic E-state index is 12.4. The lowest BCUT2D eigenvalue weighted by atomic mass is 10.1. The standard InChI is InChI=1S/C22H20ClN3O2/c1-13-9-19(21(28-2)11-17(13)23)26-22(27)8-7-14-10-16-15-5-3-4-6-18(15)25-20(16)12-24-14/h3-6,9-12,25H,7-8H2,1-2H3,(H,26,27). The van der Waals surface area contributed by atoms with E-state index < -0.39 is 0 Å². The van der Waals surface area contributed by atoms with Crippen molar-refractivity contribution in [3.05, 3.63) is 64.9 Å². The van der Waals surface area contributed by atoms with E-state index in [2.05, 4.69) is 27.4 Å². The summed E-state index contributed by atoms with van der Waals surface area (Å²) in [7, 11) is 1.55. The summed E-state index contributed by atoms with van der Waals surface area (Å²) in [5, 5.41) is 5.79. The van der Waals surface area contributed by atoms with E-state index >= 15 is 0 Å². The van der Waals surface area contributed by atoms with Crippen molar-refractivity contribution < 1.29 is 9.53 Å². The van der Waals surface area contributed by atoms with Crippen LogP contribution in [-0.2, 0) is 11.2 Å². The number of nitrogens with zero attached hydrogens (tertiary/aromatic N) is 1. The molecule has 2 aromatic heterocycles. The second-order valence-electron chi connectivity index (χ2n) is 6.74. The van der Waals surface area contributed by atoms with Crippen molar-refractivity contribution >= 4 is 45.0 Å². The molecule has 2 N–H and O–H groups in total. The lowest BCUT2D eigenvalue weighted by molar-refractivity contribution is -0.116. The van der Waals surface area contributed by atoms with Gasteiger partial charge in [-0.3, -0.25) is 9.78 Å². The van der Waals surface area contributed by atoms with Crippen molar-refractivity contribution in [1.82, 2.24) is 9.97 Å². The van der Waals surface area contributed by atoms with E-state index in [0.717, 1.165) is 33.1 Å². The molecule has 28 heavy (non-hydrogen) atoms. The van der Waals surface area contributed by atoms with E-state index in [9.17, 15) is 4.79 Å². The Morgan fingerprint density at radius 3 is 2.82 bits per heavy atom. The minimum Gasteiger partial charge on any atom is -0.495 e. The molecular formula is C22H20ClN3O2. The molecule has 0 radical (unpaired) electrons. The predicted octanol–water partition coefficient (Wildman–Crippen LogP) is 5.26. The molecule has 1 amide bonds. The molecule has 0 aliphatic heterocycles. The summed E-state index contributed by atoms with van der Waals surface area (Å²) < 4.78 is 5.31. The summed E-state index contributed by atoms with van der Waals surface area (Å²) in [5.74, 6) is 0.447. The fraction of sp³-hybridized carbons (Fsp3) is 0.182. The number of para-hydroxylation sites is 1. The Kier molecular flexibility index (Phi) is 4.92. The molecular weight excluding hydrogens is 374 g/mol. The van der Waals surface area contributed by atoms with Crippen LogP contribution in [0.3, 0.4) is 0 Å². The highest BCUT2D eigenvalue weighted by Crippen LogP contribution is 2.31. The number of carbonyl (C=O) groups is 1. The van der Waals surface area contributed by atoms with Gasteiger partial charge in [0.05, 0.1) is 24.5 Å². The van der Waals surface area contributed by atoms with Gasteiger partial charge in [-0.15, -0.1) is 0 Å². The quantitative estimate of drug-likeness (QED) is 0.486. The Labute approximate surface area is 167 Å². The van der Waals surface area contributed by atoms with Crippen molar-refractivity contribution in [3.8, 4) is 5.75 Å². The Morgan fingerprint density at radius 1 is 1.18 bits per heavy atom. The highest BCUT2D eigenvalue weighted by Gasteiger charge is 2.12. The third kappa shape index (κ3) is 3.53. The first kappa shape index (κ1) is 18.3. The van der Waals surface area contributed by atoms with Crippen LogP contribution in [0.15, 0.2) is 48.7 Å². The van der Waals surface area contributed by atoms with Gasteiger partial charge in [0.1, 0.15) is 5.75 Å². The number of nitrogens with one attached hydrogen (secondary N) is 2. The van der Waals surface area contributed by atoms with Crippen LogP contribution in [0.2, 0.25) is 5.02 Å². The van der Waals surface area contributed by atoms with Gasteiger partial charge in [0, 0.05) is 39.5 Å². The van der Waals surface area contributed by atoms with Crippen molar-refractivity contribution in [2.45, 2.75) is 19.8 Å². The number of amides is 1. The Bertz CT molecular complexity index is 1180. The number of H-pyrrole nitrogens is 1. The first-order chi connectivity index (χ1) is 13.5. The van der Waals surface area contributed by atoms with Gasteiger partial charge in [-0.1, -0.05) is 29.8 Å². The van der Waals surface area contributed by atoms with Crippen molar-refractivity contribution in [1.29, 1.82) is 0 Å². The summed E-state index contributed by atoms with van der Waals surface area (Å²) in [6, 6.07) is 13.7. The summed E-state index contributed by atoms with van der Waals surface area (Å²) in [5.41, 5.74) is 4.46. The van der Waals surface area contributed by atoms with Gasteiger partial charge in [-0.2, -0.15) is 0 Å². The molecule has 4 rings (SSSR count). The zero-order valence-corrected chi connectivity index (χ0v) is 16.4. The van der Waals surface area contributed by atoms with Gasteiger partial charge in [0.2, 0.25) is 5.91 Å². The van der Waals surface area contributed by atoms with E-state index in [-0.39, 0.29) is 5.91 Å². The van der Waals surface area contributed by atoms with Gasteiger partial charge in [0.15, 0.2) is 0 Å². The summed E-state index contributed by atoms with van der Waals surface area (Å²) >= 11 is 6.12. The number of aryl methyl sites for hydroxylation is 2. The first-order valence-corrected chi connectivity index (χ1v) is 9.42. The number of rotatable bonds is 5. The van der Waals surface area contributed by atoms with Crippen molar-refractivity contribution in [2.75, 3.05) is 12.4 Å². The third-order valence-electron chi connectivity index (χ3n) is 4.81. The van der Waals surface area contributed by atoms with Crippen LogP contribution >= 0.6 is 11.6 Å². The molecule has 0 bridgehead atoms. The first-order valence-electron chi connectivity index (χ1n) is 9.04. The monoisotopic (exact) mass is 393 g/mol.